The Kier molecular flexibility index (Phi) is 10.7. The molecule has 1 aromatic heterocycles. The molecule has 7 heteroatoms. The van der Waals surface area contributed by atoms with Gasteiger partial charge in [0.05, 0.1) is 19.5 Å². The van der Waals surface area contributed by atoms with Gasteiger partial charge in [-0.25, -0.2) is 0 Å². The molecule has 0 aliphatic carbocycles. The Morgan fingerprint density at radius 2 is 2.03 bits per heavy atom. The van der Waals surface area contributed by atoms with Gasteiger partial charge in [-0.3, -0.25) is 4.99 Å². The maximum absolute atomic E-state index is 5.77. The van der Waals surface area contributed by atoms with E-state index in [0.717, 1.165) is 82.8 Å². The highest BCUT2D eigenvalue weighted by atomic mass is 32.2. The third-order valence-corrected chi connectivity index (χ3v) is 5.76. The van der Waals surface area contributed by atoms with E-state index in [-0.39, 0.29) is 0 Å². The second-order valence-electron chi connectivity index (χ2n) is 7.23. The first-order valence-corrected chi connectivity index (χ1v) is 11.8. The molecule has 2 N–H and O–H groups in total. The molecule has 6 nitrogen and oxygen atoms in total. The fourth-order valence-corrected chi connectivity index (χ4v) is 3.90. The summed E-state index contributed by atoms with van der Waals surface area (Å²) < 4.78 is 16.6. The zero-order valence-corrected chi connectivity index (χ0v) is 18.4. The average molecular weight is 432 g/mol. The van der Waals surface area contributed by atoms with Crippen LogP contribution >= 0.6 is 11.8 Å². The Morgan fingerprint density at radius 3 is 2.83 bits per heavy atom. The van der Waals surface area contributed by atoms with Crippen molar-refractivity contribution in [2.45, 2.75) is 24.2 Å². The number of rotatable bonds is 13. The van der Waals surface area contributed by atoms with Crippen molar-refractivity contribution >= 4 is 17.7 Å². The van der Waals surface area contributed by atoms with E-state index >= 15 is 0 Å². The fourth-order valence-electron chi connectivity index (χ4n) is 3.11. The van der Waals surface area contributed by atoms with Crippen molar-refractivity contribution in [1.82, 2.24) is 10.6 Å². The molecule has 3 rings (SSSR count). The molecule has 1 aromatic carbocycles. The van der Waals surface area contributed by atoms with Crippen LogP contribution in [0.3, 0.4) is 0 Å². The molecule has 2 heterocycles. The number of thioether (sulfide) groups is 1. The summed E-state index contributed by atoms with van der Waals surface area (Å²) in [6.45, 7) is 5.62. The van der Waals surface area contributed by atoms with Gasteiger partial charge in [0.2, 0.25) is 0 Å². The van der Waals surface area contributed by atoms with Gasteiger partial charge in [0, 0.05) is 55.8 Å². The lowest BCUT2D eigenvalue weighted by Crippen LogP contribution is -2.39. The molecule has 0 spiro atoms. The number of ether oxygens (including phenoxy) is 2. The summed E-state index contributed by atoms with van der Waals surface area (Å²) >= 11 is 1.84. The van der Waals surface area contributed by atoms with Crippen molar-refractivity contribution in [1.29, 1.82) is 0 Å². The van der Waals surface area contributed by atoms with Crippen molar-refractivity contribution in [2.24, 2.45) is 10.9 Å². The number of guanidine groups is 1. The first-order chi connectivity index (χ1) is 14.9. The lowest BCUT2D eigenvalue weighted by molar-refractivity contribution is 0.0893. The largest absolute Gasteiger partial charge is 0.469 e. The van der Waals surface area contributed by atoms with E-state index in [1.54, 1.807) is 6.26 Å². The number of furan rings is 1. The van der Waals surface area contributed by atoms with Crippen LogP contribution in [0.5, 0.6) is 0 Å². The molecule has 1 fully saturated rings. The molecule has 0 radical (unpaired) electrons. The van der Waals surface area contributed by atoms with Gasteiger partial charge in [-0.05, 0) is 37.1 Å². The summed E-state index contributed by atoms with van der Waals surface area (Å²) in [5, 5.41) is 6.84. The van der Waals surface area contributed by atoms with Crippen LogP contribution in [0.2, 0.25) is 0 Å². The van der Waals surface area contributed by atoms with Crippen LogP contribution in [-0.4, -0.2) is 57.8 Å². The molecule has 2 aromatic rings. The maximum atomic E-state index is 5.77. The van der Waals surface area contributed by atoms with E-state index in [4.69, 9.17) is 18.9 Å². The number of benzene rings is 1. The smallest absolute Gasteiger partial charge is 0.191 e. The van der Waals surface area contributed by atoms with E-state index < -0.39 is 0 Å². The summed E-state index contributed by atoms with van der Waals surface area (Å²) in [6.07, 6.45) is 4.57. The highest BCUT2D eigenvalue weighted by Gasteiger charge is 2.15. The fraction of sp³-hybridized carbons (Fsp3) is 0.522. The normalized spacial score (nSPS) is 16.7. The molecule has 1 saturated heterocycles. The van der Waals surface area contributed by atoms with Gasteiger partial charge in [0.1, 0.15) is 5.76 Å². The highest BCUT2D eigenvalue weighted by molar-refractivity contribution is 7.99. The van der Waals surface area contributed by atoms with E-state index in [1.165, 1.54) is 4.90 Å². The third-order valence-electron chi connectivity index (χ3n) is 4.74. The van der Waals surface area contributed by atoms with Gasteiger partial charge in [0.25, 0.3) is 0 Å². The molecular formula is C23H33N3O3S. The van der Waals surface area contributed by atoms with Crippen LogP contribution in [0.1, 0.15) is 18.6 Å². The van der Waals surface area contributed by atoms with E-state index in [1.807, 2.05) is 30.0 Å². The number of nitrogens with zero attached hydrogens (tertiary/aromatic N) is 1. The average Bonchev–Trinajstić information content (AvgIpc) is 3.48. The summed E-state index contributed by atoms with van der Waals surface area (Å²) in [6, 6.07) is 14.4. The first kappa shape index (κ1) is 22.7. The molecule has 1 aliphatic heterocycles. The second-order valence-corrected chi connectivity index (χ2v) is 8.40. The molecular weight excluding hydrogens is 398 g/mol. The first-order valence-electron chi connectivity index (χ1n) is 10.8. The van der Waals surface area contributed by atoms with Crippen molar-refractivity contribution in [3.63, 3.8) is 0 Å². The predicted molar refractivity (Wildman–Crippen MR) is 122 cm³/mol. The predicted octanol–water partition coefficient (Wildman–Crippen LogP) is 3.59. The molecule has 1 aliphatic rings. The monoisotopic (exact) mass is 431 g/mol. The summed E-state index contributed by atoms with van der Waals surface area (Å²) in [7, 11) is 0. The number of nitrogens with one attached hydrogen (secondary N) is 2. The van der Waals surface area contributed by atoms with Gasteiger partial charge in [0.15, 0.2) is 5.96 Å². The van der Waals surface area contributed by atoms with E-state index in [9.17, 15) is 0 Å². The van der Waals surface area contributed by atoms with E-state index in [0.29, 0.717) is 5.92 Å². The lowest BCUT2D eigenvalue weighted by atomic mass is 10.1. The summed E-state index contributed by atoms with van der Waals surface area (Å²) in [4.78, 5) is 5.99. The lowest BCUT2D eigenvalue weighted by Gasteiger charge is -2.12. The van der Waals surface area contributed by atoms with Gasteiger partial charge in [-0.1, -0.05) is 18.2 Å². The molecule has 0 saturated carbocycles. The number of hydrogen-bond acceptors (Lipinski definition) is 5. The Labute approximate surface area is 183 Å². The van der Waals surface area contributed by atoms with Crippen LogP contribution in [0.15, 0.2) is 63.0 Å². The van der Waals surface area contributed by atoms with Gasteiger partial charge >= 0.3 is 0 Å². The van der Waals surface area contributed by atoms with Crippen molar-refractivity contribution in [3.8, 4) is 0 Å². The second kappa shape index (κ2) is 14.1. The molecule has 30 heavy (non-hydrogen) atoms. The van der Waals surface area contributed by atoms with Crippen LogP contribution in [0.25, 0.3) is 0 Å². The van der Waals surface area contributed by atoms with Crippen LogP contribution < -0.4 is 10.6 Å². The van der Waals surface area contributed by atoms with Crippen LogP contribution in [-0.2, 0) is 15.9 Å². The molecule has 0 bridgehead atoms. The molecule has 0 amide bonds. The van der Waals surface area contributed by atoms with Crippen LogP contribution in [0, 0.1) is 5.92 Å². The molecule has 1 atom stereocenters. The number of aliphatic imine (C=N–C) groups is 1. The highest BCUT2D eigenvalue weighted by Crippen LogP contribution is 2.15. The van der Waals surface area contributed by atoms with Gasteiger partial charge in [-0.15, -0.1) is 11.8 Å². The Hall–Kier alpha value is -1.96. The SMILES string of the molecule is c1ccc(SCCNC(=NCCCOCC2CCOC2)NCCc2ccco2)cc1. The molecule has 164 valence electrons. The van der Waals surface area contributed by atoms with Crippen molar-refractivity contribution in [2.75, 3.05) is 51.8 Å². The standard InChI is InChI=1S/C23H33N3O3S/c1-2-7-22(8-3-1)30-17-13-26-23(25-12-9-21-6-4-15-29-21)24-11-5-14-27-18-20-10-16-28-19-20/h1-4,6-8,15,20H,5,9-14,16-19H2,(H2,24,25,26). The zero-order chi connectivity index (χ0) is 20.7. The molecule has 1 unspecified atom stereocenters. The Morgan fingerprint density at radius 1 is 1.13 bits per heavy atom. The van der Waals surface area contributed by atoms with E-state index in [2.05, 4.69) is 34.9 Å². The maximum Gasteiger partial charge on any atom is 0.191 e. The van der Waals surface area contributed by atoms with Crippen LogP contribution in [0.4, 0.5) is 0 Å². The minimum atomic E-state index is 0.566. The third kappa shape index (κ3) is 9.24. The summed E-state index contributed by atoms with van der Waals surface area (Å²) in [5.74, 6) is 3.37. The zero-order valence-electron chi connectivity index (χ0n) is 17.6. The minimum Gasteiger partial charge on any atom is -0.469 e. The Bertz CT molecular complexity index is 704. The quantitative estimate of drug-likeness (QED) is 0.219. The van der Waals surface area contributed by atoms with Crippen molar-refractivity contribution in [3.05, 3.63) is 54.5 Å². The van der Waals surface area contributed by atoms with Gasteiger partial charge < -0.3 is 24.5 Å². The summed E-state index contributed by atoms with van der Waals surface area (Å²) in [5.41, 5.74) is 0. The topological polar surface area (TPSA) is 68.0 Å². The number of hydrogen-bond donors (Lipinski definition) is 2. The van der Waals surface area contributed by atoms with Gasteiger partial charge in [-0.2, -0.15) is 0 Å². The minimum absolute atomic E-state index is 0.566. The Balaban J connectivity index is 1.34. The van der Waals surface area contributed by atoms with Crippen molar-refractivity contribution < 1.29 is 13.9 Å².